The van der Waals surface area contributed by atoms with E-state index in [9.17, 15) is 0 Å². The third-order valence-corrected chi connectivity index (χ3v) is 7.61. The van der Waals surface area contributed by atoms with E-state index < -0.39 is 0 Å². The highest BCUT2D eigenvalue weighted by Gasteiger charge is 2.35. The minimum Gasteiger partial charge on any atom is -0.371 e. The predicted molar refractivity (Wildman–Crippen MR) is 105 cm³/mol. The molecule has 0 saturated heterocycles. The van der Waals surface area contributed by atoms with Gasteiger partial charge in [0.15, 0.2) is 5.37 Å². The summed E-state index contributed by atoms with van der Waals surface area (Å²) >= 11 is 5.64. The van der Waals surface area contributed by atoms with E-state index >= 15 is 0 Å². The van der Waals surface area contributed by atoms with Crippen LogP contribution >= 0.6 is 27.7 Å². The first kappa shape index (κ1) is 15.3. The molecule has 2 aromatic carbocycles. The van der Waals surface area contributed by atoms with E-state index in [1.54, 1.807) is 16.8 Å². The second-order valence-electron chi connectivity index (χ2n) is 7.20. The van der Waals surface area contributed by atoms with Crippen molar-refractivity contribution in [1.29, 1.82) is 0 Å². The molecule has 2 unspecified atom stereocenters. The molecule has 5 rings (SSSR count). The fraction of sp³-hybridized carbons (Fsp3) is 0.400. The number of rotatable bonds is 1. The maximum absolute atomic E-state index is 3.62. The number of benzene rings is 2. The van der Waals surface area contributed by atoms with Gasteiger partial charge in [-0.15, -0.1) is 0 Å². The lowest BCUT2D eigenvalue weighted by atomic mass is 9.90. The molecule has 3 aliphatic heterocycles. The van der Waals surface area contributed by atoms with E-state index in [0.29, 0.717) is 5.37 Å². The van der Waals surface area contributed by atoms with Crippen LogP contribution in [0.1, 0.15) is 34.9 Å². The Morgan fingerprint density at radius 3 is 2.50 bits per heavy atom. The highest BCUT2D eigenvalue weighted by atomic mass is 79.9. The zero-order valence-electron chi connectivity index (χ0n) is 13.9. The Bertz CT molecular complexity index is 788. The van der Waals surface area contributed by atoms with Crippen LogP contribution in [0.5, 0.6) is 0 Å². The zero-order chi connectivity index (χ0) is 16.3. The van der Waals surface area contributed by atoms with Gasteiger partial charge in [-0.1, -0.05) is 27.7 Å². The van der Waals surface area contributed by atoms with E-state index in [-0.39, 0.29) is 0 Å². The SMILES string of the molecule is C[NH+]1c2ccc(Br)cc2SC1c1cc2c3c(c1)CCCN3CCC2. The maximum Gasteiger partial charge on any atom is 0.169 e. The van der Waals surface area contributed by atoms with Crippen molar-refractivity contribution in [1.82, 2.24) is 0 Å². The Balaban J connectivity index is 1.57. The first-order valence-corrected chi connectivity index (χ1v) is 10.6. The topological polar surface area (TPSA) is 7.68 Å². The molecule has 0 aliphatic carbocycles. The molecule has 2 aromatic rings. The molecular formula is C20H22BrN2S+. The summed E-state index contributed by atoms with van der Waals surface area (Å²) in [6.07, 6.45) is 5.12. The molecule has 0 radical (unpaired) electrons. The molecule has 2 nitrogen and oxygen atoms in total. The summed E-state index contributed by atoms with van der Waals surface area (Å²) in [5.41, 5.74) is 7.72. The third-order valence-electron chi connectivity index (χ3n) is 5.66. The summed E-state index contributed by atoms with van der Waals surface area (Å²) in [5.74, 6) is 0. The molecule has 3 aliphatic rings. The highest BCUT2D eigenvalue weighted by Crippen LogP contribution is 2.44. The van der Waals surface area contributed by atoms with Crippen molar-refractivity contribution in [2.45, 2.75) is 36.0 Å². The van der Waals surface area contributed by atoms with Gasteiger partial charge in [-0.25, -0.2) is 0 Å². The highest BCUT2D eigenvalue weighted by molar-refractivity contribution is 9.10. The van der Waals surface area contributed by atoms with Crippen LogP contribution in [0.4, 0.5) is 11.4 Å². The van der Waals surface area contributed by atoms with Crippen molar-refractivity contribution in [3.63, 3.8) is 0 Å². The molecule has 0 saturated carbocycles. The molecule has 4 heteroatoms. The summed E-state index contributed by atoms with van der Waals surface area (Å²) < 4.78 is 1.18. The van der Waals surface area contributed by atoms with E-state index in [2.05, 4.69) is 58.2 Å². The number of nitrogens with zero attached hydrogens (tertiary/aromatic N) is 1. The van der Waals surface area contributed by atoms with E-state index in [1.165, 1.54) is 64.3 Å². The fourth-order valence-electron chi connectivity index (χ4n) is 4.58. The smallest absolute Gasteiger partial charge is 0.169 e. The minimum absolute atomic E-state index is 0.480. The first-order valence-electron chi connectivity index (χ1n) is 8.91. The van der Waals surface area contributed by atoms with Crippen LogP contribution in [0.3, 0.4) is 0 Å². The molecule has 24 heavy (non-hydrogen) atoms. The van der Waals surface area contributed by atoms with Crippen molar-refractivity contribution >= 4 is 39.1 Å². The molecule has 0 bridgehead atoms. The maximum atomic E-state index is 3.62. The van der Waals surface area contributed by atoms with Gasteiger partial charge in [0.25, 0.3) is 0 Å². The van der Waals surface area contributed by atoms with Crippen molar-refractivity contribution in [2.75, 3.05) is 25.0 Å². The Kier molecular flexibility index (Phi) is 3.69. The molecule has 0 aromatic heterocycles. The van der Waals surface area contributed by atoms with Gasteiger partial charge in [-0.05, 0) is 61.1 Å². The third kappa shape index (κ3) is 2.34. The van der Waals surface area contributed by atoms with Gasteiger partial charge in [0, 0.05) is 34.9 Å². The lowest BCUT2D eigenvalue weighted by molar-refractivity contribution is -0.825. The summed E-state index contributed by atoms with van der Waals surface area (Å²) in [6.45, 7) is 2.50. The van der Waals surface area contributed by atoms with Crippen LogP contribution in [0, 0.1) is 0 Å². The average molecular weight is 402 g/mol. The molecular weight excluding hydrogens is 380 g/mol. The molecule has 2 atom stereocenters. The number of hydrogen-bond acceptors (Lipinski definition) is 2. The molecule has 0 fully saturated rings. The van der Waals surface area contributed by atoms with Gasteiger partial charge in [-0.2, -0.15) is 0 Å². The van der Waals surface area contributed by atoms with Gasteiger partial charge < -0.3 is 4.90 Å². The van der Waals surface area contributed by atoms with Crippen molar-refractivity contribution in [3.8, 4) is 0 Å². The summed E-state index contributed by atoms with van der Waals surface area (Å²) in [7, 11) is 2.31. The molecule has 124 valence electrons. The number of aryl methyl sites for hydroxylation is 2. The Hall–Kier alpha value is -0.970. The monoisotopic (exact) mass is 401 g/mol. The van der Waals surface area contributed by atoms with Gasteiger partial charge in [-0.3, -0.25) is 4.90 Å². The normalized spacial score (nSPS) is 24.7. The van der Waals surface area contributed by atoms with E-state index in [0.717, 1.165) is 0 Å². The lowest BCUT2D eigenvalue weighted by Crippen LogP contribution is -3.02. The van der Waals surface area contributed by atoms with Gasteiger partial charge in [0.2, 0.25) is 0 Å². The number of thioether (sulfide) groups is 1. The predicted octanol–water partition coefficient (Wildman–Crippen LogP) is 4.10. The number of hydrogen-bond donors (Lipinski definition) is 1. The molecule has 3 heterocycles. The lowest BCUT2D eigenvalue weighted by Gasteiger charge is -2.37. The number of halogens is 1. The second-order valence-corrected chi connectivity index (χ2v) is 9.27. The number of fused-ring (bicyclic) bond motifs is 1. The largest absolute Gasteiger partial charge is 0.371 e. The number of anilines is 1. The molecule has 1 N–H and O–H groups in total. The van der Waals surface area contributed by atoms with E-state index in [1.807, 2.05) is 11.8 Å². The van der Waals surface area contributed by atoms with Crippen LogP contribution < -0.4 is 9.80 Å². The zero-order valence-corrected chi connectivity index (χ0v) is 16.3. The summed E-state index contributed by atoms with van der Waals surface area (Å²) in [4.78, 5) is 5.56. The summed E-state index contributed by atoms with van der Waals surface area (Å²) in [5, 5.41) is 0.480. The first-order chi connectivity index (χ1) is 11.7. The molecule has 0 amide bonds. The Morgan fingerprint density at radius 1 is 1.08 bits per heavy atom. The van der Waals surface area contributed by atoms with Gasteiger partial charge in [0.05, 0.1) is 11.9 Å². The van der Waals surface area contributed by atoms with Crippen molar-refractivity contribution < 1.29 is 4.90 Å². The van der Waals surface area contributed by atoms with E-state index in [4.69, 9.17) is 0 Å². The van der Waals surface area contributed by atoms with Crippen molar-refractivity contribution in [2.24, 2.45) is 0 Å². The standard InChI is InChI=1S/C20H21BrN2S/c1-22-17-7-6-16(21)12-18(17)24-20(22)15-10-13-4-2-8-23-9-3-5-14(11-15)19(13)23/h6-7,10-12,20H,2-5,8-9H2,1H3/p+1. The molecule has 0 spiro atoms. The average Bonchev–Trinajstić information content (AvgIpc) is 2.91. The minimum atomic E-state index is 0.480. The number of quaternary nitrogens is 1. The second kappa shape index (κ2) is 5.79. The van der Waals surface area contributed by atoms with Gasteiger partial charge >= 0.3 is 0 Å². The summed E-state index contributed by atoms with van der Waals surface area (Å²) in [6, 6.07) is 11.7. The van der Waals surface area contributed by atoms with Crippen molar-refractivity contribution in [3.05, 3.63) is 51.5 Å². The van der Waals surface area contributed by atoms with Gasteiger partial charge in [0.1, 0.15) is 5.69 Å². The Labute approximate surface area is 156 Å². The number of nitrogens with one attached hydrogen (secondary N) is 1. The van der Waals surface area contributed by atoms with Crippen LogP contribution in [0.25, 0.3) is 0 Å². The van der Waals surface area contributed by atoms with Crippen LogP contribution in [-0.4, -0.2) is 20.1 Å². The van der Waals surface area contributed by atoms with Crippen LogP contribution in [-0.2, 0) is 12.8 Å². The van der Waals surface area contributed by atoms with Crippen LogP contribution in [0.15, 0.2) is 39.7 Å². The quantitative estimate of drug-likeness (QED) is 0.768. The Morgan fingerprint density at radius 2 is 1.79 bits per heavy atom. The van der Waals surface area contributed by atoms with Crippen LogP contribution in [0.2, 0.25) is 0 Å². The fourth-order valence-corrected chi connectivity index (χ4v) is 6.47.